The molecule has 0 aliphatic carbocycles. The molecule has 2 aromatic carbocycles. The van der Waals surface area contributed by atoms with Crippen molar-refractivity contribution in [3.63, 3.8) is 0 Å². The maximum Gasteiger partial charge on any atom is 0.308 e. The molecule has 3 rings (SSSR count). The van der Waals surface area contributed by atoms with Gasteiger partial charge in [0, 0.05) is 24.5 Å². The molecule has 0 aliphatic rings. The molecule has 0 fully saturated rings. The van der Waals surface area contributed by atoms with Crippen LogP contribution in [0.25, 0.3) is 0 Å². The largest absolute Gasteiger partial charge is 0.481 e. The highest BCUT2D eigenvalue weighted by Gasteiger charge is 2.20. The summed E-state index contributed by atoms with van der Waals surface area (Å²) in [4.78, 5) is 23.8. The second-order valence-electron chi connectivity index (χ2n) is 6.44. The second-order valence-corrected chi connectivity index (χ2v) is 6.44. The van der Waals surface area contributed by atoms with Gasteiger partial charge in [-0.25, -0.2) is 4.39 Å². The van der Waals surface area contributed by atoms with Gasteiger partial charge in [0.15, 0.2) is 0 Å². The fourth-order valence-corrected chi connectivity index (χ4v) is 2.84. The monoisotopic (exact) mass is 381 g/mol. The summed E-state index contributed by atoms with van der Waals surface area (Å²) in [5.41, 5.74) is 1.73. The molecule has 0 bridgehead atoms. The molecule has 6 nitrogen and oxygen atoms in total. The number of nitrogens with one attached hydrogen (secondary N) is 1. The lowest BCUT2D eigenvalue weighted by Crippen LogP contribution is -2.34. The molecule has 0 saturated heterocycles. The van der Waals surface area contributed by atoms with Gasteiger partial charge >= 0.3 is 5.97 Å². The summed E-state index contributed by atoms with van der Waals surface area (Å²) in [6.45, 7) is 0.510. The molecule has 144 valence electrons. The molecule has 0 unspecified atom stereocenters. The topological polar surface area (TPSA) is 84.2 Å². The SMILES string of the molecule is O=C(NC[C@H](Cc1ccccc1F)C(=O)O)c1ccc(Cn2cccn2)cc1. The lowest BCUT2D eigenvalue weighted by Gasteiger charge is -2.14. The van der Waals surface area contributed by atoms with Crippen molar-refractivity contribution in [3.8, 4) is 0 Å². The van der Waals surface area contributed by atoms with Crippen molar-refractivity contribution in [1.29, 1.82) is 0 Å². The summed E-state index contributed by atoms with van der Waals surface area (Å²) in [6.07, 6.45) is 3.55. The molecular formula is C21H20FN3O3. The highest BCUT2D eigenvalue weighted by molar-refractivity contribution is 5.94. The molecule has 0 saturated carbocycles. The Hall–Kier alpha value is -3.48. The number of carboxylic acids is 1. The number of amides is 1. The lowest BCUT2D eigenvalue weighted by molar-refractivity contribution is -0.141. The minimum Gasteiger partial charge on any atom is -0.481 e. The molecule has 3 aromatic rings. The van der Waals surface area contributed by atoms with E-state index in [-0.39, 0.29) is 18.9 Å². The van der Waals surface area contributed by atoms with Gasteiger partial charge in [-0.2, -0.15) is 5.10 Å². The normalized spacial score (nSPS) is 11.8. The molecule has 1 atom stereocenters. The zero-order valence-corrected chi connectivity index (χ0v) is 15.1. The van der Waals surface area contributed by atoms with Crippen molar-refractivity contribution >= 4 is 11.9 Å². The Labute approximate surface area is 161 Å². The van der Waals surface area contributed by atoms with Gasteiger partial charge in [0.2, 0.25) is 0 Å². The van der Waals surface area contributed by atoms with Crippen molar-refractivity contribution in [2.75, 3.05) is 6.54 Å². The van der Waals surface area contributed by atoms with Gasteiger partial charge in [-0.05, 0) is 41.8 Å². The highest BCUT2D eigenvalue weighted by Crippen LogP contribution is 2.13. The van der Waals surface area contributed by atoms with E-state index in [9.17, 15) is 19.1 Å². The zero-order valence-electron chi connectivity index (χ0n) is 15.1. The Morgan fingerprint density at radius 1 is 1.11 bits per heavy atom. The van der Waals surface area contributed by atoms with Crippen LogP contribution < -0.4 is 5.32 Å². The predicted octanol–water partition coefficient (Wildman–Crippen LogP) is 2.74. The first-order valence-corrected chi connectivity index (χ1v) is 8.83. The van der Waals surface area contributed by atoms with E-state index in [4.69, 9.17) is 0 Å². The Morgan fingerprint density at radius 3 is 2.50 bits per heavy atom. The number of rotatable bonds is 8. The van der Waals surface area contributed by atoms with E-state index in [1.54, 1.807) is 41.2 Å². The number of carboxylic acid groups (broad SMARTS) is 1. The standard InChI is InChI=1S/C21H20FN3O3/c22-19-5-2-1-4-17(19)12-18(21(27)28)13-23-20(26)16-8-6-15(7-9-16)14-25-11-3-10-24-25/h1-11,18H,12-14H2,(H,23,26)(H,27,28)/t18-/m0/s1. The molecule has 1 amide bonds. The fraction of sp³-hybridized carbons (Fsp3) is 0.190. The van der Waals surface area contributed by atoms with E-state index in [2.05, 4.69) is 10.4 Å². The first kappa shape index (κ1) is 19.3. The Balaban J connectivity index is 1.58. The van der Waals surface area contributed by atoms with Crippen LogP contribution in [0.15, 0.2) is 67.0 Å². The average Bonchev–Trinajstić information content (AvgIpc) is 3.19. The number of aliphatic carboxylic acids is 1. The maximum atomic E-state index is 13.8. The van der Waals surface area contributed by atoms with Crippen LogP contribution in [-0.4, -0.2) is 33.3 Å². The van der Waals surface area contributed by atoms with Gasteiger partial charge in [-0.15, -0.1) is 0 Å². The van der Waals surface area contributed by atoms with Crippen molar-refractivity contribution in [3.05, 3.63) is 89.5 Å². The van der Waals surface area contributed by atoms with Crippen LogP contribution in [0, 0.1) is 11.7 Å². The smallest absolute Gasteiger partial charge is 0.308 e. The first-order valence-electron chi connectivity index (χ1n) is 8.83. The van der Waals surface area contributed by atoms with Gasteiger partial charge in [0.05, 0.1) is 12.5 Å². The maximum absolute atomic E-state index is 13.8. The summed E-state index contributed by atoms with van der Waals surface area (Å²) in [6, 6.07) is 14.9. The van der Waals surface area contributed by atoms with Gasteiger partial charge in [0.25, 0.3) is 5.91 Å². The number of carbonyl (C=O) groups is 2. The number of halogens is 1. The van der Waals surface area contributed by atoms with Crippen LogP contribution >= 0.6 is 0 Å². The summed E-state index contributed by atoms with van der Waals surface area (Å²) < 4.78 is 15.5. The van der Waals surface area contributed by atoms with Crippen molar-refractivity contribution in [2.45, 2.75) is 13.0 Å². The molecule has 0 radical (unpaired) electrons. The fourth-order valence-electron chi connectivity index (χ4n) is 2.84. The van der Waals surface area contributed by atoms with E-state index in [1.807, 2.05) is 24.4 Å². The Kier molecular flexibility index (Phi) is 6.16. The molecule has 2 N–H and O–H groups in total. The third-order valence-electron chi connectivity index (χ3n) is 4.40. The predicted molar refractivity (Wildman–Crippen MR) is 101 cm³/mol. The Morgan fingerprint density at radius 2 is 1.86 bits per heavy atom. The molecule has 7 heteroatoms. The highest BCUT2D eigenvalue weighted by atomic mass is 19.1. The van der Waals surface area contributed by atoms with Crippen LogP contribution in [-0.2, 0) is 17.8 Å². The van der Waals surface area contributed by atoms with E-state index < -0.39 is 17.7 Å². The number of hydrogen-bond donors (Lipinski definition) is 2. The molecule has 28 heavy (non-hydrogen) atoms. The minimum atomic E-state index is -1.09. The molecule has 0 spiro atoms. The third kappa shape index (κ3) is 5.03. The van der Waals surface area contributed by atoms with Crippen molar-refractivity contribution in [2.24, 2.45) is 5.92 Å². The van der Waals surface area contributed by atoms with Crippen LogP contribution in [0.5, 0.6) is 0 Å². The zero-order chi connectivity index (χ0) is 19.9. The van der Waals surface area contributed by atoms with Crippen LogP contribution in [0.3, 0.4) is 0 Å². The van der Waals surface area contributed by atoms with Crippen LogP contribution in [0.1, 0.15) is 21.5 Å². The average molecular weight is 381 g/mol. The number of nitrogens with zero attached hydrogens (tertiary/aromatic N) is 2. The van der Waals surface area contributed by atoms with E-state index in [1.165, 1.54) is 6.07 Å². The number of benzene rings is 2. The summed E-state index contributed by atoms with van der Waals surface area (Å²) in [5.74, 6) is -2.82. The van der Waals surface area contributed by atoms with Gasteiger partial charge < -0.3 is 10.4 Å². The van der Waals surface area contributed by atoms with Crippen LogP contribution in [0.2, 0.25) is 0 Å². The number of aromatic nitrogens is 2. The number of hydrogen-bond acceptors (Lipinski definition) is 3. The Bertz CT molecular complexity index is 940. The van der Waals surface area contributed by atoms with Gasteiger partial charge in [-0.3, -0.25) is 14.3 Å². The van der Waals surface area contributed by atoms with Gasteiger partial charge in [0.1, 0.15) is 5.82 Å². The van der Waals surface area contributed by atoms with Gasteiger partial charge in [-0.1, -0.05) is 30.3 Å². The van der Waals surface area contributed by atoms with E-state index >= 15 is 0 Å². The summed E-state index contributed by atoms with van der Waals surface area (Å²) >= 11 is 0. The van der Waals surface area contributed by atoms with Crippen molar-refractivity contribution < 1.29 is 19.1 Å². The quantitative estimate of drug-likeness (QED) is 0.628. The lowest BCUT2D eigenvalue weighted by atomic mass is 9.98. The van der Waals surface area contributed by atoms with Crippen molar-refractivity contribution in [1.82, 2.24) is 15.1 Å². The molecule has 0 aliphatic heterocycles. The summed E-state index contributed by atoms with van der Waals surface area (Å²) in [5, 5.41) is 16.1. The molecule has 1 aromatic heterocycles. The van der Waals surface area contributed by atoms with Crippen LogP contribution in [0.4, 0.5) is 4.39 Å². The first-order chi connectivity index (χ1) is 13.5. The van der Waals surface area contributed by atoms with E-state index in [0.29, 0.717) is 17.7 Å². The third-order valence-corrected chi connectivity index (χ3v) is 4.40. The molecular weight excluding hydrogens is 361 g/mol. The van der Waals surface area contributed by atoms with E-state index in [0.717, 1.165) is 5.56 Å². The number of carbonyl (C=O) groups excluding carboxylic acids is 1. The summed E-state index contributed by atoms with van der Waals surface area (Å²) in [7, 11) is 0. The second kappa shape index (κ2) is 8.94. The molecule has 1 heterocycles. The minimum absolute atomic E-state index is 0.00505.